The van der Waals surface area contributed by atoms with Gasteiger partial charge in [0.1, 0.15) is 4.83 Å². The third-order valence-corrected chi connectivity index (χ3v) is 18.8. The molecule has 0 spiro atoms. The summed E-state index contributed by atoms with van der Waals surface area (Å²) in [4.78, 5) is 9.32. The van der Waals surface area contributed by atoms with Crippen LogP contribution >= 0.6 is 79.4 Å². The van der Waals surface area contributed by atoms with Gasteiger partial charge in [0.25, 0.3) is 0 Å². The summed E-state index contributed by atoms with van der Waals surface area (Å²) in [6.45, 7) is 0. The van der Waals surface area contributed by atoms with E-state index in [9.17, 15) is 0 Å². The first-order valence-electron chi connectivity index (χ1n) is 18.5. The molecule has 13 rings (SSSR count). The molecule has 2 nitrogen and oxygen atoms in total. The fourth-order valence-corrected chi connectivity index (χ4v) is 16.0. The average molecular weight is 855 g/mol. The lowest BCUT2D eigenvalue weighted by Crippen LogP contribution is -1.93. The van der Waals surface area contributed by atoms with Crippen molar-refractivity contribution in [1.29, 1.82) is 0 Å². The van der Waals surface area contributed by atoms with Gasteiger partial charge in [0, 0.05) is 80.3 Å². The molecule has 0 N–H and O–H groups in total. The van der Waals surface area contributed by atoms with E-state index in [1.165, 1.54) is 113 Å². The van der Waals surface area contributed by atoms with Crippen LogP contribution in [0, 0.1) is 0 Å². The zero-order valence-corrected chi connectivity index (χ0v) is 35.5. The van der Waals surface area contributed by atoms with Gasteiger partial charge in [-0.15, -0.1) is 79.4 Å². The van der Waals surface area contributed by atoms with E-state index in [1.54, 1.807) is 0 Å². The van der Waals surface area contributed by atoms with Crippen LogP contribution in [0.15, 0.2) is 156 Å². The first kappa shape index (κ1) is 32.9. The number of aromatic nitrogens is 2. The second kappa shape index (κ2) is 12.7. The third kappa shape index (κ3) is 5.07. The molecular formula is C48H26N2S7. The lowest BCUT2D eigenvalue weighted by atomic mass is 10.1. The number of rotatable bonds is 6. The van der Waals surface area contributed by atoms with Crippen LogP contribution in [0.2, 0.25) is 0 Å². The second-order valence-electron chi connectivity index (χ2n) is 14.1. The molecule has 9 heterocycles. The van der Waals surface area contributed by atoms with Crippen LogP contribution in [0.3, 0.4) is 0 Å². The van der Waals surface area contributed by atoms with Crippen molar-refractivity contribution >= 4 is 140 Å². The van der Waals surface area contributed by atoms with Crippen molar-refractivity contribution in [2.24, 2.45) is 0 Å². The van der Waals surface area contributed by atoms with Crippen LogP contribution in [0.4, 0.5) is 0 Å². The van der Waals surface area contributed by atoms with Gasteiger partial charge in [0.15, 0.2) is 0 Å². The van der Waals surface area contributed by atoms with Crippen molar-refractivity contribution in [2.75, 3.05) is 0 Å². The number of benzene rings is 4. The van der Waals surface area contributed by atoms with E-state index in [1.807, 2.05) is 79.4 Å². The summed E-state index contributed by atoms with van der Waals surface area (Å²) in [5.41, 5.74) is 8.64. The molecule has 4 aromatic carbocycles. The predicted molar refractivity (Wildman–Crippen MR) is 257 cm³/mol. The maximum Gasteiger partial charge on any atom is 0.111 e. The van der Waals surface area contributed by atoms with Crippen LogP contribution in [-0.2, 0) is 0 Å². The van der Waals surface area contributed by atoms with Gasteiger partial charge in [-0.1, -0.05) is 72.8 Å². The molecule has 0 unspecified atom stereocenters. The Labute approximate surface area is 354 Å². The quantitative estimate of drug-likeness (QED) is 0.158. The van der Waals surface area contributed by atoms with Crippen LogP contribution in [0.1, 0.15) is 0 Å². The summed E-state index contributed by atoms with van der Waals surface area (Å²) in [5, 5.41) is 8.20. The molecule has 0 saturated heterocycles. The van der Waals surface area contributed by atoms with Crippen LogP contribution in [-0.4, -0.2) is 9.13 Å². The summed E-state index contributed by atoms with van der Waals surface area (Å²) >= 11 is 13.1. The minimum Gasteiger partial charge on any atom is -0.307 e. The molecule has 0 fully saturated rings. The maximum atomic E-state index is 2.53. The maximum absolute atomic E-state index is 2.53. The molecule has 0 aliphatic rings. The highest BCUT2D eigenvalue weighted by Crippen LogP contribution is 2.50. The van der Waals surface area contributed by atoms with Crippen LogP contribution < -0.4 is 0 Å². The summed E-state index contributed by atoms with van der Waals surface area (Å²) in [5.74, 6) is 0. The molecular weight excluding hydrogens is 829 g/mol. The standard InChI is InChI=1S/C48H26N2S7/c1-3-9-29(10-4-1)49-33-21-27(36-23-41-43(53-36)25-39(55-41)34-13-7-19-51-34)15-17-31(33)46-47(49)45-32-18-16-28(22-38(32)57-48(45)50(46)30-11-5-2-6-12-30)37-24-42-44(54-37)26-40(56-42)35-14-8-20-52-35/h1-26H. The van der Waals surface area contributed by atoms with Gasteiger partial charge in [-0.3, -0.25) is 4.57 Å². The van der Waals surface area contributed by atoms with E-state index < -0.39 is 0 Å². The SMILES string of the molecule is c1ccc(-n2c3cc(-c4cc5sc(-c6cccs6)cc5s4)ccc3c3c2c2c4ccc(-c5cc6sc(-c7cccs7)cc6s5)cc4sc2n3-c2ccccc2)cc1. The van der Waals surface area contributed by atoms with Crippen molar-refractivity contribution in [2.45, 2.75) is 0 Å². The first-order chi connectivity index (χ1) is 28.2. The van der Waals surface area contributed by atoms with Gasteiger partial charge >= 0.3 is 0 Å². The van der Waals surface area contributed by atoms with Gasteiger partial charge in [-0.05, 0) is 94.7 Å². The smallest absolute Gasteiger partial charge is 0.111 e. The number of fused-ring (bicyclic) bond motifs is 9. The summed E-state index contributed by atoms with van der Waals surface area (Å²) < 4.78 is 11.8. The van der Waals surface area contributed by atoms with Crippen molar-refractivity contribution in [1.82, 2.24) is 9.13 Å². The van der Waals surface area contributed by atoms with Crippen molar-refractivity contribution in [3.05, 3.63) is 156 Å². The molecule has 0 saturated carbocycles. The molecule has 57 heavy (non-hydrogen) atoms. The number of thiophene rings is 7. The molecule has 0 aliphatic heterocycles. The van der Waals surface area contributed by atoms with Gasteiger partial charge in [0.2, 0.25) is 0 Å². The third-order valence-electron chi connectivity index (χ3n) is 10.8. The Morgan fingerprint density at radius 3 is 1.46 bits per heavy atom. The molecule has 0 amide bonds. The van der Waals surface area contributed by atoms with Gasteiger partial charge in [0.05, 0.1) is 16.6 Å². The first-order valence-corrected chi connectivity index (χ1v) is 24.4. The number of hydrogen-bond donors (Lipinski definition) is 0. The van der Waals surface area contributed by atoms with Crippen molar-refractivity contribution in [3.63, 3.8) is 0 Å². The molecule has 13 aromatic rings. The molecule has 9 aromatic heterocycles. The predicted octanol–water partition coefficient (Wildman–Crippen LogP) is 17.3. The van der Waals surface area contributed by atoms with Crippen molar-refractivity contribution in [3.8, 4) is 51.8 Å². The van der Waals surface area contributed by atoms with E-state index in [4.69, 9.17) is 0 Å². The Balaban J connectivity index is 1.03. The highest BCUT2D eigenvalue weighted by atomic mass is 32.1. The highest BCUT2D eigenvalue weighted by molar-refractivity contribution is 7.33. The fourth-order valence-electron chi connectivity index (χ4n) is 8.31. The van der Waals surface area contributed by atoms with Gasteiger partial charge in [-0.2, -0.15) is 0 Å². The summed E-state index contributed by atoms with van der Waals surface area (Å²) in [6, 6.07) is 54.4. The zero-order valence-electron chi connectivity index (χ0n) is 29.8. The van der Waals surface area contributed by atoms with Crippen molar-refractivity contribution < 1.29 is 0 Å². The number of para-hydroxylation sites is 2. The number of nitrogens with zero attached hydrogens (tertiary/aromatic N) is 2. The molecule has 0 atom stereocenters. The van der Waals surface area contributed by atoms with Crippen LogP contribution in [0.25, 0.3) is 113 Å². The summed E-state index contributed by atoms with van der Waals surface area (Å²) in [7, 11) is 0. The lowest BCUT2D eigenvalue weighted by Gasteiger charge is -2.09. The van der Waals surface area contributed by atoms with E-state index in [-0.39, 0.29) is 0 Å². The highest BCUT2D eigenvalue weighted by Gasteiger charge is 2.26. The normalized spacial score (nSPS) is 12.2. The Morgan fingerprint density at radius 1 is 0.351 bits per heavy atom. The van der Waals surface area contributed by atoms with E-state index in [0.717, 1.165) is 0 Å². The van der Waals surface area contributed by atoms with E-state index >= 15 is 0 Å². The van der Waals surface area contributed by atoms with Crippen LogP contribution in [0.5, 0.6) is 0 Å². The largest absolute Gasteiger partial charge is 0.307 e. The van der Waals surface area contributed by atoms with E-state index in [0.29, 0.717) is 0 Å². The Bertz CT molecular complexity index is 3550. The number of hydrogen-bond acceptors (Lipinski definition) is 7. The molecule has 270 valence electrons. The average Bonchev–Trinajstić information content (AvgIpc) is 4.08. The Morgan fingerprint density at radius 2 is 0.877 bits per heavy atom. The second-order valence-corrected chi connectivity index (χ2v) is 21.4. The minimum atomic E-state index is 1.17. The topological polar surface area (TPSA) is 9.86 Å². The monoisotopic (exact) mass is 854 g/mol. The molecule has 9 heteroatoms. The minimum absolute atomic E-state index is 1.17. The van der Waals surface area contributed by atoms with Gasteiger partial charge < -0.3 is 4.57 Å². The van der Waals surface area contributed by atoms with Gasteiger partial charge in [-0.25, -0.2) is 0 Å². The van der Waals surface area contributed by atoms with E-state index in [2.05, 4.69) is 165 Å². The zero-order chi connectivity index (χ0) is 37.2. The summed E-state index contributed by atoms with van der Waals surface area (Å²) in [6.07, 6.45) is 0. The Hall–Kier alpha value is -5.10. The molecule has 0 aliphatic carbocycles. The lowest BCUT2D eigenvalue weighted by molar-refractivity contribution is 1.18. The Kier molecular flexibility index (Phi) is 7.34. The molecule has 0 bridgehead atoms. The molecule has 0 radical (unpaired) electrons. The fraction of sp³-hybridized carbons (Fsp3) is 0.